The van der Waals surface area contributed by atoms with Crippen molar-refractivity contribution in [2.24, 2.45) is 18.2 Å². The highest BCUT2D eigenvalue weighted by Gasteiger charge is 2.31. The zero-order valence-corrected chi connectivity index (χ0v) is 11.0. The SMILES string of the molecule is Cn1cncc1C(=O)NCC1(CN)CCCCC1. The van der Waals surface area contributed by atoms with Gasteiger partial charge >= 0.3 is 0 Å². The van der Waals surface area contributed by atoms with Gasteiger partial charge in [0.2, 0.25) is 0 Å². The van der Waals surface area contributed by atoms with Crippen LogP contribution in [0.3, 0.4) is 0 Å². The van der Waals surface area contributed by atoms with Crippen molar-refractivity contribution in [1.82, 2.24) is 14.9 Å². The first-order valence-corrected chi connectivity index (χ1v) is 6.61. The van der Waals surface area contributed by atoms with E-state index in [9.17, 15) is 4.79 Å². The van der Waals surface area contributed by atoms with Crippen LogP contribution in [0.25, 0.3) is 0 Å². The van der Waals surface area contributed by atoms with Gasteiger partial charge in [0, 0.05) is 13.6 Å². The number of imidazole rings is 1. The Labute approximate surface area is 108 Å². The van der Waals surface area contributed by atoms with Gasteiger partial charge in [-0.2, -0.15) is 0 Å². The van der Waals surface area contributed by atoms with Gasteiger partial charge in [0.25, 0.3) is 5.91 Å². The van der Waals surface area contributed by atoms with E-state index in [2.05, 4.69) is 10.3 Å². The van der Waals surface area contributed by atoms with E-state index >= 15 is 0 Å². The molecule has 1 aromatic rings. The predicted molar refractivity (Wildman–Crippen MR) is 70.1 cm³/mol. The lowest BCUT2D eigenvalue weighted by Crippen LogP contribution is -2.44. The van der Waals surface area contributed by atoms with Crippen molar-refractivity contribution >= 4 is 5.91 Å². The summed E-state index contributed by atoms with van der Waals surface area (Å²) >= 11 is 0. The van der Waals surface area contributed by atoms with E-state index < -0.39 is 0 Å². The van der Waals surface area contributed by atoms with Crippen LogP contribution in [0.1, 0.15) is 42.6 Å². The number of rotatable bonds is 4. The molecule has 3 N–H and O–H groups in total. The third-order valence-corrected chi connectivity index (χ3v) is 4.02. The first-order valence-electron chi connectivity index (χ1n) is 6.61. The second-order valence-electron chi connectivity index (χ2n) is 5.34. The molecular weight excluding hydrogens is 228 g/mol. The van der Waals surface area contributed by atoms with Crippen molar-refractivity contribution in [3.8, 4) is 0 Å². The van der Waals surface area contributed by atoms with Crippen molar-refractivity contribution in [3.63, 3.8) is 0 Å². The maximum absolute atomic E-state index is 12.0. The monoisotopic (exact) mass is 250 g/mol. The number of aromatic nitrogens is 2. The number of aryl methyl sites for hydroxylation is 1. The fraction of sp³-hybridized carbons (Fsp3) is 0.692. The van der Waals surface area contributed by atoms with Gasteiger partial charge < -0.3 is 15.6 Å². The van der Waals surface area contributed by atoms with Crippen molar-refractivity contribution in [2.45, 2.75) is 32.1 Å². The summed E-state index contributed by atoms with van der Waals surface area (Å²) < 4.78 is 1.73. The minimum Gasteiger partial charge on any atom is -0.350 e. The van der Waals surface area contributed by atoms with Crippen LogP contribution in [0.5, 0.6) is 0 Å². The van der Waals surface area contributed by atoms with Crippen molar-refractivity contribution in [1.29, 1.82) is 0 Å². The van der Waals surface area contributed by atoms with E-state index in [1.54, 1.807) is 17.1 Å². The van der Waals surface area contributed by atoms with Crippen LogP contribution < -0.4 is 11.1 Å². The Hall–Kier alpha value is -1.36. The minimum absolute atomic E-state index is 0.0617. The quantitative estimate of drug-likeness (QED) is 0.839. The number of amides is 1. The van der Waals surface area contributed by atoms with E-state index in [4.69, 9.17) is 5.73 Å². The van der Waals surface area contributed by atoms with Crippen LogP contribution in [0.4, 0.5) is 0 Å². The van der Waals surface area contributed by atoms with Gasteiger partial charge in [0.05, 0.1) is 12.5 Å². The molecule has 1 aromatic heterocycles. The molecule has 5 heteroatoms. The maximum Gasteiger partial charge on any atom is 0.269 e. The van der Waals surface area contributed by atoms with Crippen LogP contribution in [0.2, 0.25) is 0 Å². The van der Waals surface area contributed by atoms with Crippen molar-refractivity contribution in [3.05, 3.63) is 18.2 Å². The molecule has 1 aliphatic rings. The average Bonchev–Trinajstić information content (AvgIpc) is 2.83. The molecule has 1 aliphatic carbocycles. The van der Waals surface area contributed by atoms with E-state index in [0.29, 0.717) is 18.8 Å². The second kappa shape index (κ2) is 5.52. The van der Waals surface area contributed by atoms with E-state index in [0.717, 1.165) is 12.8 Å². The maximum atomic E-state index is 12.0. The Kier molecular flexibility index (Phi) is 4.01. The highest BCUT2D eigenvalue weighted by molar-refractivity contribution is 5.92. The molecule has 2 rings (SSSR count). The summed E-state index contributed by atoms with van der Waals surface area (Å²) in [5.41, 5.74) is 6.60. The van der Waals surface area contributed by atoms with Crippen LogP contribution >= 0.6 is 0 Å². The zero-order valence-electron chi connectivity index (χ0n) is 11.0. The molecule has 1 fully saturated rings. The van der Waals surface area contributed by atoms with Crippen LogP contribution in [-0.4, -0.2) is 28.5 Å². The van der Waals surface area contributed by atoms with Gasteiger partial charge in [-0.1, -0.05) is 19.3 Å². The van der Waals surface area contributed by atoms with Gasteiger partial charge in [-0.05, 0) is 24.8 Å². The van der Waals surface area contributed by atoms with Crippen LogP contribution in [-0.2, 0) is 7.05 Å². The Morgan fingerprint density at radius 1 is 1.50 bits per heavy atom. The molecule has 0 aliphatic heterocycles. The van der Waals surface area contributed by atoms with Gasteiger partial charge in [-0.3, -0.25) is 4.79 Å². The number of nitrogens with one attached hydrogen (secondary N) is 1. The lowest BCUT2D eigenvalue weighted by Gasteiger charge is -2.36. The van der Waals surface area contributed by atoms with Gasteiger partial charge in [-0.25, -0.2) is 4.98 Å². The van der Waals surface area contributed by atoms with Gasteiger partial charge in [-0.15, -0.1) is 0 Å². The zero-order chi connectivity index (χ0) is 13.0. The van der Waals surface area contributed by atoms with E-state index in [1.165, 1.54) is 19.3 Å². The van der Waals surface area contributed by atoms with E-state index in [-0.39, 0.29) is 11.3 Å². The number of hydrogen-bond donors (Lipinski definition) is 2. The lowest BCUT2D eigenvalue weighted by molar-refractivity contribution is 0.0906. The Morgan fingerprint density at radius 3 is 2.78 bits per heavy atom. The Balaban J connectivity index is 1.94. The first-order chi connectivity index (χ1) is 8.67. The molecule has 1 heterocycles. The first kappa shape index (κ1) is 13.1. The number of hydrogen-bond acceptors (Lipinski definition) is 3. The molecule has 1 saturated carbocycles. The molecule has 100 valence electrons. The largest absolute Gasteiger partial charge is 0.350 e. The van der Waals surface area contributed by atoms with E-state index in [1.807, 2.05) is 7.05 Å². The summed E-state index contributed by atoms with van der Waals surface area (Å²) in [4.78, 5) is 16.0. The number of nitrogens with zero attached hydrogens (tertiary/aromatic N) is 2. The molecule has 0 atom stereocenters. The molecule has 5 nitrogen and oxygen atoms in total. The topological polar surface area (TPSA) is 72.9 Å². The number of carbonyl (C=O) groups is 1. The summed E-state index contributed by atoms with van der Waals surface area (Å²) in [6, 6.07) is 0. The van der Waals surface area contributed by atoms with Gasteiger partial charge in [0.15, 0.2) is 0 Å². The standard InChI is InChI=1S/C13H22N4O/c1-17-10-15-7-11(17)12(18)16-9-13(8-14)5-3-2-4-6-13/h7,10H,2-6,8-9,14H2,1H3,(H,16,18). The smallest absolute Gasteiger partial charge is 0.269 e. The van der Waals surface area contributed by atoms with Gasteiger partial charge in [0.1, 0.15) is 5.69 Å². The molecule has 18 heavy (non-hydrogen) atoms. The minimum atomic E-state index is -0.0617. The summed E-state index contributed by atoms with van der Waals surface area (Å²) in [6.45, 7) is 1.33. The molecular formula is C13H22N4O. The number of nitrogens with two attached hydrogens (primary N) is 1. The third kappa shape index (κ3) is 2.72. The fourth-order valence-electron chi connectivity index (χ4n) is 2.69. The summed E-state index contributed by atoms with van der Waals surface area (Å²) in [7, 11) is 1.82. The normalized spacial score (nSPS) is 18.6. The van der Waals surface area contributed by atoms with Crippen molar-refractivity contribution < 1.29 is 4.79 Å². The molecule has 0 aromatic carbocycles. The third-order valence-electron chi connectivity index (χ3n) is 4.02. The number of carbonyl (C=O) groups excluding carboxylic acids is 1. The molecule has 0 saturated heterocycles. The second-order valence-corrected chi connectivity index (χ2v) is 5.34. The molecule has 1 amide bonds. The molecule has 0 bridgehead atoms. The molecule has 0 radical (unpaired) electrons. The fourth-order valence-corrected chi connectivity index (χ4v) is 2.69. The summed E-state index contributed by atoms with van der Waals surface area (Å²) in [6.07, 6.45) is 9.19. The molecule has 0 spiro atoms. The Morgan fingerprint density at radius 2 is 2.22 bits per heavy atom. The highest BCUT2D eigenvalue weighted by Crippen LogP contribution is 2.34. The lowest BCUT2D eigenvalue weighted by atomic mass is 9.74. The summed E-state index contributed by atoms with van der Waals surface area (Å²) in [5.74, 6) is -0.0617. The summed E-state index contributed by atoms with van der Waals surface area (Å²) in [5, 5.41) is 3.01. The average molecular weight is 250 g/mol. The van der Waals surface area contributed by atoms with Crippen LogP contribution in [0.15, 0.2) is 12.5 Å². The molecule has 0 unspecified atom stereocenters. The Bertz CT molecular complexity index is 407. The highest BCUT2D eigenvalue weighted by atomic mass is 16.1. The van der Waals surface area contributed by atoms with Crippen molar-refractivity contribution in [2.75, 3.05) is 13.1 Å². The van der Waals surface area contributed by atoms with Crippen LogP contribution in [0, 0.1) is 5.41 Å². The predicted octanol–water partition coefficient (Wildman–Crippen LogP) is 1.06.